The van der Waals surface area contributed by atoms with E-state index in [1.165, 1.54) is 17.4 Å². The fourth-order valence-corrected chi connectivity index (χ4v) is 3.99. The number of terminal acetylenes is 1. The summed E-state index contributed by atoms with van der Waals surface area (Å²) in [5.41, 5.74) is 1.17. The number of aliphatic hydroxyl groups excluding tert-OH is 1. The highest BCUT2D eigenvalue weighted by molar-refractivity contribution is 7.10. The van der Waals surface area contributed by atoms with Crippen LogP contribution in [0.15, 0.2) is 41.9 Å². The van der Waals surface area contributed by atoms with E-state index in [1.54, 1.807) is 35.8 Å². The van der Waals surface area contributed by atoms with Gasteiger partial charge in [-0.3, -0.25) is 10.3 Å². The van der Waals surface area contributed by atoms with Crippen LogP contribution in [0.25, 0.3) is 11.1 Å². The maximum atomic E-state index is 15.1. The van der Waals surface area contributed by atoms with Crippen LogP contribution < -0.4 is 10.6 Å². The first kappa shape index (κ1) is 21.4. The number of halogens is 1. The van der Waals surface area contributed by atoms with E-state index in [-0.39, 0.29) is 5.82 Å². The quantitative estimate of drug-likeness (QED) is 0.499. The van der Waals surface area contributed by atoms with Gasteiger partial charge in [0.2, 0.25) is 0 Å². The topological polar surface area (TPSA) is 111 Å². The zero-order chi connectivity index (χ0) is 22.7. The lowest BCUT2D eigenvalue weighted by Crippen LogP contribution is -2.34. The molecule has 1 aliphatic rings. The van der Waals surface area contributed by atoms with Crippen LogP contribution in [0.1, 0.15) is 35.1 Å². The first-order chi connectivity index (χ1) is 15.5. The number of urea groups is 1. The van der Waals surface area contributed by atoms with Crippen LogP contribution in [0.5, 0.6) is 0 Å². The van der Waals surface area contributed by atoms with Gasteiger partial charge in [0, 0.05) is 22.7 Å². The highest BCUT2D eigenvalue weighted by Crippen LogP contribution is 2.49. The maximum Gasteiger partial charge on any atom is 0.320 e. The molecule has 1 aromatic carbocycles. The number of nitrogens with zero attached hydrogens (tertiary/aromatic N) is 3. The average molecular weight is 447 g/mol. The number of aliphatic hydroxyl groups is 1. The van der Waals surface area contributed by atoms with Gasteiger partial charge in [0.1, 0.15) is 17.1 Å². The molecule has 2 aromatic heterocycles. The summed E-state index contributed by atoms with van der Waals surface area (Å²) in [6.07, 6.45) is 8.26. The monoisotopic (exact) mass is 447 g/mol. The SMILES string of the molecule is C#Cc1nc(NC(=O)N[C@@H](CO)c2ccc(-c3cccnc3C3(C#N)CC3)c(F)c2)cs1. The average Bonchev–Trinajstić information content (AvgIpc) is 3.48. The largest absolute Gasteiger partial charge is 0.394 e. The number of anilines is 1. The number of nitriles is 1. The minimum atomic E-state index is -0.841. The summed E-state index contributed by atoms with van der Waals surface area (Å²) >= 11 is 1.21. The predicted octanol–water partition coefficient (Wildman–Crippen LogP) is 3.74. The second-order valence-corrected chi connectivity index (χ2v) is 8.21. The van der Waals surface area contributed by atoms with Crippen molar-refractivity contribution in [1.82, 2.24) is 15.3 Å². The van der Waals surface area contributed by atoms with Crippen LogP contribution in [0, 0.1) is 29.5 Å². The van der Waals surface area contributed by atoms with Gasteiger partial charge < -0.3 is 10.4 Å². The van der Waals surface area contributed by atoms with Crippen LogP contribution in [-0.2, 0) is 5.41 Å². The summed E-state index contributed by atoms with van der Waals surface area (Å²) in [7, 11) is 0. The van der Waals surface area contributed by atoms with Gasteiger partial charge in [0.15, 0.2) is 5.01 Å². The van der Waals surface area contributed by atoms with Gasteiger partial charge in [-0.25, -0.2) is 14.2 Å². The zero-order valence-electron chi connectivity index (χ0n) is 16.8. The van der Waals surface area contributed by atoms with Gasteiger partial charge in [-0.05, 0) is 36.5 Å². The normalized spacial score (nSPS) is 14.6. The molecule has 1 atom stereocenters. The Balaban J connectivity index is 1.54. The van der Waals surface area contributed by atoms with Crippen molar-refractivity contribution in [2.24, 2.45) is 0 Å². The number of amides is 2. The smallest absolute Gasteiger partial charge is 0.320 e. The summed E-state index contributed by atoms with van der Waals surface area (Å²) in [4.78, 5) is 20.7. The number of thiazole rings is 1. The second kappa shape index (κ2) is 8.75. The third-order valence-electron chi connectivity index (χ3n) is 5.27. The van der Waals surface area contributed by atoms with Crippen LogP contribution in [0.3, 0.4) is 0 Å². The minimum absolute atomic E-state index is 0.286. The van der Waals surface area contributed by atoms with Crippen LogP contribution >= 0.6 is 11.3 Å². The number of rotatable bonds is 6. The number of pyridine rings is 1. The lowest BCUT2D eigenvalue weighted by Gasteiger charge is -2.18. The summed E-state index contributed by atoms with van der Waals surface area (Å²) in [5, 5.41) is 26.4. The molecule has 2 heterocycles. The van der Waals surface area contributed by atoms with Gasteiger partial charge in [0.25, 0.3) is 0 Å². The first-order valence-electron chi connectivity index (χ1n) is 9.77. The molecule has 2 amide bonds. The number of benzene rings is 1. The van der Waals surface area contributed by atoms with Crippen LogP contribution in [-0.4, -0.2) is 27.7 Å². The molecule has 0 saturated heterocycles. The van der Waals surface area contributed by atoms with E-state index in [0.717, 1.165) is 0 Å². The molecule has 1 saturated carbocycles. The molecular weight excluding hydrogens is 429 g/mol. The summed E-state index contributed by atoms with van der Waals surface area (Å²) in [5.74, 6) is 2.12. The molecule has 9 heteroatoms. The van der Waals surface area contributed by atoms with Crippen molar-refractivity contribution in [2.75, 3.05) is 11.9 Å². The fraction of sp³-hybridized carbons (Fsp3) is 0.217. The molecule has 3 aromatic rings. The Morgan fingerprint density at radius 2 is 2.19 bits per heavy atom. The minimum Gasteiger partial charge on any atom is -0.394 e. The van der Waals surface area contributed by atoms with Crippen molar-refractivity contribution in [3.05, 3.63) is 64.0 Å². The molecule has 4 rings (SSSR count). The van der Waals surface area contributed by atoms with E-state index >= 15 is 4.39 Å². The molecular formula is C23H18FN5O2S. The summed E-state index contributed by atoms with van der Waals surface area (Å²) in [6, 6.07) is 8.75. The van der Waals surface area contributed by atoms with Gasteiger partial charge in [-0.1, -0.05) is 18.2 Å². The number of carbonyl (C=O) groups excluding carboxylic acids is 1. The lowest BCUT2D eigenvalue weighted by molar-refractivity contribution is 0.225. The van der Waals surface area contributed by atoms with Crippen molar-refractivity contribution in [2.45, 2.75) is 24.3 Å². The van der Waals surface area contributed by atoms with Crippen molar-refractivity contribution in [3.8, 4) is 29.5 Å². The molecule has 0 spiro atoms. The Labute approximate surface area is 188 Å². The van der Waals surface area contributed by atoms with Crippen LogP contribution in [0.4, 0.5) is 15.0 Å². The number of aromatic nitrogens is 2. The van der Waals surface area contributed by atoms with E-state index in [9.17, 15) is 15.2 Å². The molecule has 32 heavy (non-hydrogen) atoms. The third kappa shape index (κ3) is 4.17. The summed E-state index contributed by atoms with van der Waals surface area (Å²) < 4.78 is 15.1. The van der Waals surface area contributed by atoms with E-state index in [2.05, 4.69) is 32.6 Å². The lowest BCUT2D eigenvalue weighted by atomic mass is 9.92. The Morgan fingerprint density at radius 3 is 2.81 bits per heavy atom. The fourth-order valence-electron chi connectivity index (χ4n) is 3.44. The first-order valence-corrected chi connectivity index (χ1v) is 10.6. The highest BCUT2D eigenvalue weighted by atomic mass is 32.1. The van der Waals surface area contributed by atoms with Gasteiger partial charge in [0.05, 0.1) is 24.4 Å². The molecule has 160 valence electrons. The second-order valence-electron chi connectivity index (χ2n) is 7.35. The Morgan fingerprint density at radius 1 is 1.38 bits per heavy atom. The number of carbonyl (C=O) groups is 1. The van der Waals surface area contributed by atoms with Gasteiger partial charge >= 0.3 is 6.03 Å². The Kier molecular flexibility index (Phi) is 5.87. The van der Waals surface area contributed by atoms with Crippen LogP contribution in [0.2, 0.25) is 0 Å². The Bertz CT molecular complexity index is 1260. The Hall–Kier alpha value is -3.79. The standard InChI is InChI=1S/C23H18FN5O2S/c1-2-20-28-19(12-32-20)29-22(31)27-18(11-30)14-5-6-15(17(24)10-14)16-4-3-9-26-21(16)23(13-25)7-8-23/h1,3-6,9-10,12,18,30H,7-8,11H2,(H2,27,29,31)/t18-/m0/s1. The van der Waals surface area contributed by atoms with Crippen molar-refractivity contribution in [1.29, 1.82) is 5.26 Å². The highest BCUT2D eigenvalue weighted by Gasteiger charge is 2.47. The van der Waals surface area contributed by atoms with Crippen molar-refractivity contribution in [3.63, 3.8) is 0 Å². The molecule has 0 radical (unpaired) electrons. The molecule has 0 bridgehead atoms. The molecule has 7 nitrogen and oxygen atoms in total. The molecule has 1 aliphatic carbocycles. The van der Waals surface area contributed by atoms with E-state index in [0.29, 0.717) is 40.2 Å². The molecule has 0 unspecified atom stereocenters. The maximum absolute atomic E-state index is 15.1. The van der Waals surface area contributed by atoms with Gasteiger partial charge in [-0.15, -0.1) is 17.8 Å². The number of hydrogen-bond donors (Lipinski definition) is 3. The van der Waals surface area contributed by atoms with E-state index in [1.807, 2.05) is 0 Å². The zero-order valence-corrected chi connectivity index (χ0v) is 17.6. The van der Waals surface area contributed by atoms with Crippen molar-refractivity contribution < 1.29 is 14.3 Å². The summed E-state index contributed by atoms with van der Waals surface area (Å²) in [6.45, 7) is -0.436. The third-order valence-corrected chi connectivity index (χ3v) is 6.04. The van der Waals surface area contributed by atoms with Gasteiger partial charge in [-0.2, -0.15) is 5.26 Å². The number of hydrogen-bond acceptors (Lipinski definition) is 6. The van der Waals surface area contributed by atoms with Crippen molar-refractivity contribution >= 4 is 23.2 Å². The van der Waals surface area contributed by atoms with E-state index in [4.69, 9.17) is 6.42 Å². The molecule has 0 aliphatic heterocycles. The number of nitrogens with one attached hydrogen (secondary N) is 2. The molecule has 3 N–H and O–H groups in total. The predicted molar refractivity (Wildman–Crippen MR) is 118 cm³/mol. The van der Waals surface area contributed by atoms with E-state index < -0.39 is 29.9 Å². The molecule has 1 fully saturated rings.